The molecule has 0 saturated carbocycles. The second-order valence-corrected chi connectivity index (χ2v) is 7.43. The summed E-state index contributed by atoms with van der Waals surface area (Å²) in [5.41, 5.74) is 13.4. The van der Waals surface area contributed by atoms with Crippen molar-refractivity contribution in [1.29, 1.82) is 0 Å². The number of carbonyl (C=O) groups is 1. The molecule has 5 heteroatoms. The molecule has 0 fully saturated rings. The molecule has 28 heavy (non-hydrogen) atoms. The van der Waals surface area contributed by atoms with Crippen molar-refractivity contribution in [3.05, 3.63) is 82.2 Å². The Labute approximate surface area is 166 Å². The smallest absolute Gasteiger partial charge is 0.244 e. The molecule has 3 aromatic rings. The summed E-state index contributed by atoms with van der Waals surface area (Å²) in [7, 11) is 1.79. The maximum atomic E-state index is 12.9. The number of rotatable bonds is 5. The Hall–Kier alpha value is -2.92. The predicted molar refractivity (Wildman–Crippen MR) is 112 cm³/mol. The third kappa shape index (κ3) is 3.85. The van der Waals surface area contributed by atoms with Crippen LogP contribution < -0.4 is 5.73 Å². The van der Waals surface area contributed by atoms with Gasteiger partial charge in [-0.2, -0.15) is 5.10 Å². The van der Waals surface area contributed by atoms with Gasteiger partial charge in [0, 0.05) is 24.8 Å². The molecular formula is C23H28N4O. The highest BCUT2D eigenvalue weighted by Gasteiger charge is 2.22. The fourth-order valence-corrected chi connectivity index (χ4v) is 3.41. The number of aromatic nitrogens is 2. The standard InChI is InChI=1S/C23H28N4O/c1-15-10-12-19(13-11-15)22(24)23(28)26(5)14-20-17(3)25-27(18(20)4)21-9-7-6-8-16(21)2/h6-13,22H,14,24H2,1-5H3. The number of carbonyl (C=O) groups excluding carboxylic acids is 1. The third-order valence-corrected chi connectivity index (χ3v) is 5.26. The van der Waals surface area contributed by atoms with Crippen molar-refractivity contribution in [2.24, 2.45) is 5.73 Å². The lowest BCUT2D eigenvalue weighted by atomic mass is 10.0. The average Bonchev–Trinajstić information content (AvgIpc) is 2.96. The van der Waals surface area contributed by atoms with Gasteiger partial charge in [0.15, 0.2) is 0 Å². The first-order chi connectivity index (χ1) is 13.3. The maximum absolute atomic E-state index is 12.9. The Morgan fingerprint density at radius 2 is 1.71 bits per heavy atom. The van der Waals surface area contributed by atoms with Gasteiger partial charge in [0.05, 0.1) is 11.4 Å². The summed E-state index contributed by atoms with van der Waals surface area (Å²) in [5, 5.41) is 4.71. The van der Waals surface area contributed by atoms with Crippen LogP contribution >= 0.6 is 0 Å². The number of para-hydroxylation sites is 1. The molecule has 2 aromatic carbocycles. The third-order valence-electron chi connectivity index (χ3n) is 5.26. The molecule has 5 nitrogen and oxygen atoms in total. The summed E-state index contributed by atoms with van der Waals surface area (Å²) in [5.74, 6) is -0.105. The van der Waals surface area contributed by atoms with E-state index in [1.165, 1.54) is 0 Å². The summed E-state index contributed by atoms with van der Waals surface area (Å²) >= 11 is 0. The molecule has 0 saturated heterocycles. The predicted octanol–water partition coefficient (Wildman–Crippen LogP) is 3.76. The minimum atomic E-state index is -0.669. The monoisotopic (exact) mass is 376 g/mol. The Balaban J connectivity index is 1.82. The lowest BCUT2D eigenvalue weighted by molar-refractivity contribution is -0.132. The maximum Gasteiger partial charge on any atom is 0.244 e. The molecule has 2 N–H and O–H groups in total. The Morgan fingerprint density at radius 1 is 1.07 bits per heavy atom. The number of nitrogens with zero attached hydrogens (tertiary/aromatic N) is 3. The largest absolute Gasteiger partial charge is 0.340 e. The molecule has 0 radical (unpaired) electrons. The number of benzene rings is 2. The van der Waals surface area contributed by atoms with Crippen LogP contribution in [0.3, 0.4) is 0 Å². The molecule has 3 rings (SSSR count). The topological polar surface area (TPSA) is 64.2 Å². The van der Waals surface area contributed by atoms with Crippen molar-refractivity contribution in [1.82, 2.24) is 14.7 Å². The van der Waals surface area contributed by atoms with E-state index in [2.05, 4.69) is 19.1 Å². The highest BCUT2D eigenvalue weighted by molar-refractivity contribution is 5.82. The van der Waals surface area contributed by atoms with Gasteiger partial charge in [-0.1, -0.05) is 48.0 Å². The molecule has 1 atom stereocenters. The number of nitrogens with two attached hydrogens (primary N) is 1. The van der Waals surface area contributed by atoms with Crippen molar-refractivity contribution in [3.63, 3.8) is 0 Å². The molecular weight excluding hydrogens is 348 g/mol. The van der Waals surface area contributed by atoms with Gasteiger partial charge in [0.2, 0.25) is 5.91 Å². The summed E-state index contributed by atoms with van der Waals surface area (Å²) in [6, 6.07) is 15.3. The molecule has 1 amide bonds. The van der Waals surface area contributed by atoms with Gasteiger partial charge >= 0.3 is 0 Å². The number of hydrogen-bond donors (Lipinski definition) is 1. The second kappa shape index (κ2) is 7.98. The minimum absolute atomic E-state index is 0.105. The van der Waals surface area contributed by atoms with E-state index in [1.807, 2.05) is 61.9 Å². The van der Waals surface area contributed by atoms with E-state index in [4.69, 9.17) is 10.8 Å². The Morgan fingerprint density at radius 3 is 2.36 bits per heavy atom. The second-order valence-electron chi connectivity index (χ2n) is 7.43. The van der Waals surface area contributed by atoms with Gasteiger partial charge in [-0.05, 0) is 44.9 Å². The van der Waals surface area contributed by atoms with Crippen LogP contribution in [0.25, 0.3) is 5.69 Å². The zero-order chi connectivity index (χ0) is 20.4. The fraction of sp³-hybridized carbons (Fsp3) is 0.304. The average molecular weight is 377 g/mol. The number of hydrogen-bond acceptors (Lipinski definition) is 3. The van der Waals surface area contributed by atoms with Crippen LogP contribution in [0.1, 0.15) is 39.7 Å². The van der Waals surface area contributed by atoms with E-state index in [-0.39, 0.29) is 5.91 Å². The summed E-state index contributed by atoms with van der Waals surface area (Å²) in [6.45, 7) is 8.58. The first-order valence-electron chi connectivity index (χ1n) is 9.47. The normalized spacial score (nSPS) is 12.1. The van der Waals surface area contributed by atoms with Gasteiger partial charge < -0.3 is 10.6 Å². The van der Waals surface area contributed by atoms with Gasteiger partial charge in [-0.25, -0.2) is 4.68 Å². The lowest BCUT2D eigenvalue weighted by Gasteiger charge is -2.22. The molecule has 1 heterocycles. The highest BCUT2D eigenvalue weighted by Crippen LogP contribution is 2.22. The van der Waals surface area contributed by atoms with Crippen molar-refractivity contribution in [2.45, 2.75) is 40.3 Å². The van der Waals surface area contributed by atoms with Crippen LogP contribution in [0.15, 0.2) is 48.5 Å². The van der Waals surface area contributed by atoms with Gasteiger partial charge in [0.1, 0.15) is 6.04 Å². The summed E-state index contributed by atoms with van der Waals surface area (Å²) in [4.78, 5) is 14.5. The number of amides is 1. The van der Waals surface area contributed by atoms with Gasteiger partial charge in [-0.3, -0.25) is 4.79 Å². The van der Waals surface area contributed by atoms with Crippen LogP contribution in [0.2, 0.25) is 0 Å². The highest BCUT2D eigenvalue weighted by atomic mass is 16.2. The molecule has 0 aliphatic carbocycles. The Kier molecular flexibility index (Phi) is 5.66. The molecule has 0 spiro atoms. The number of aryl methyl sites for hydroxylation is 3. The fourth-order valence-electron chi connectivity index (χ4n) is 3.41. The zero-order valence-electron chi connectivity index (χ0n) is 17.2. The van der Waals surface area contributed by atoms with Crippen molar-refractivity contribution in [3.8, 4) is 5.69 Å². The van der Waals surface area contributed by atoms with Crippen LogP contribution in [-0.4, -0.2) is 27.6 Å². The first kappa shape index (κ1) is 19.8. The van der Waals surface area contributed by atoms with Crippen LogP contribution in [0.4, 0.5) is 0 Å². The molecule has 146 valence electrons. The van der Waals surface area contributed by atoms with Gasteiger partial charge in [0.25, 0.3) is 0 Å². The SMILES string of the molecule is Cc1ccc(C(N)C(=O)N(C)Cc2c(C)nn(-c3ccccc3C)c2C)cc1. The van der Waals surface area contributed by atoms with Gasteiger partial charge in [-0.15, -0.1) is 0 Å². The minimum Gasteiger partial charge on any atom is -0.340 e. The van der Waals surface area contributed by atoms with E-state index >= 15 is 0 Å². The van der Waals surface area contributed by atoms with E-state index in [9.17, 15) is 4.79 Å². The molecule has 1 aromatic heterocycles. The molecule has 1 unspecified atom stereocenters. The quantitative estimate of drug-likeness (QED) is 0.737. The van der Waals surface area contributed by atoms with E-state index in [0.29, 0.717) is 6.54 Å². The summed E-state index contributed by atoms with van der Waals surface area (Å²) in [6.07, 6.45) is 0. The van der Waals surface area contributed by atoms with Crippen LogP contribution in [0.5, 0.6) is 0 Å². The van der Waals surface area contributed by atoms with E-state index in [0.717, 1.165) is 39.3 Å². The van der Waals surface area contributed by atoms with Crippen molar-refractivity contribution < 1.29 is 4.79 Å². The molecule has 0 aliphatic rings. The van der Waals surface area contributed by atoms with Crippen molar-refractivity contribution in [2.75, 3.05) is 7.05 Å². The zero-order valence-corrected chi connectivity index (χ0v) is 17.2. The molecule has 0 bridgehead atoms. The van der Waals surface area contributed by atoms with Crippen LogP contribution in [0, 0.1) is 27.7 Å². The lowest BCUT2D eigenvalue weighted by Crippen LogP contribution is -2.35. The van der Waals surface area contributed by atoms with E-state index in [1.54, 1.807) is 11.9 Å². The molecule has 0 aliphatic heterocycles. The summed E-state index contributed by atoms with van der Waals surface area (Å²) < 4.78 is 1.96. The van der Waals surface area contributed by atoms with Crippen molar-refractivity contribution >= 4 is 5.91 Å². The van der Waals surface area contributed by atoms with Crippen LogP contribution in [-0.2, 0) is 11.3 Å². The van der Waals surface area contributed by atoms with E-state index < -0.39 is 6.04 Å². The Bertz CT molecular complexity index is 988. The first-order valence-corrected chi connectivity index (χ1v) is 9.47. The number of likely N-dealkylation sites (N-methyl/N-ethyl adjacent to an activating group) is 1.